The monoisotopic (exact) mass is 484 g/mol. The SMILES string of the molecule is Cc1c(/N=N/c2cccc3c2C(=O)c2ccccc2C3=O)c(O)n(CCCOC(C)C)c(=O)c1C#N. The highest BCUT2D eigenvalue weighted by Crippen LogP contribution is 2.36. The quantitative estimate of drug-likeness (QED) is 0.297. The van der Waals surface area contributed by atoms with E-state index in [0.717, 1.165) is 4.57 Å². The Bertz CT molecular complexity index is 1510. The lowest BCUT2D eigenvalue weighted by Crippen LogP contribution is -2.24. The molecule has 0 aliphatic heterocycles. The van der Waals surface area contributed by atoms with Crippen LogP contribution in [-0.2, 0) is 11.3 Å². The first-order valence-electron chi connectivity index (χ1n) is 11.5. The van der Waals surface area contributed by atoms with Crippen molar-refractivity contribution in [1.82, 2.24) is 4.57 Å². The zero-order valence-corrected chi connectivity index (χ0v) is 20.1. The molecular weight excluding hydrogens is 460 g/mol. The maximum atomic E-state index is 13.2. The zero-order chi connectivity index (χ0) is 26.0. The predicted molar refractivity (Wildman–Crippen MR) is 131 cm³/mol. The highest BCUT2D eigenvalue weighted by Gasteiger charge is 2.31. The number of benzene rings is 2. The molecular formula is C27H24N4O5. The molecule has 9 heteroatoms. The van der Waals surface area contributed by atoms with E-state index >= 15 is 0 Å². The molecule has 0 unspecified atom stereocenters. The average Bonchev–Trinajstić information content (AvgIpc) is 2.86. The maximum Gasteiger partial charge on any atom is 0.271 e. The van der Waals surface area contributed by atoms with Gasteiger partial charge >= 0.3 is 0 Å². The summed E-state index contributed by atoms with van der Waals surface area (Å²) in [6, 6.07) is 13.1. The number of hydrogen-bond donors (Lipinski definition) is 1. The van der Waals surface area contributed by atoms with E-state index in [2.05, 4.69) is 10.2 Å². The number of nitrogens with zero attached hydrogens (tertiary/aromatic N) is 4. The van der Waals surface area contributed by atoms with Gasteiger partial charge in [-0.1, -0.05) is 36.4 Å². The Balaban J connectivity index is 1.76. The Labute approximate surface area is 207 Å². The highest BCUT2D eigenvalue weighted by molar-refractivity contribution is 6.29. The van der Waals surface area contributed by atoms with E-state index in [0.29, 0.717) is 18.6 Å². The van der Waals surface area contributed by atoms with Crippen molar-refractivity contribution in [1.29, 1.82) is 5.26 Å². The molecule has 0 radical (unpaired) electrons. The smallest absolute Gasteiger partial charge is 0.271 e. The lowest BCUT2D eigenvalue weighted by Gasteiger charge is -2.18. The maximum absolute atomic E-state index is 13.2. The molecule has 4 rings (SSSR count). The Morgan fingerprint density at radius 3 is 2.33 bits per heavy atom. The summed E-state index contributed by atoms with van der Waals surface area (Å²) in [6.45, 7) is 5.75. The summed E-state index contributed by atoms with van der Waals surface area (Å²) in [4.78, 5) is 39.0. The van der Waals surface area contributed by atoms with Crippen molar-refractivity contribution in [2.24, 2.45) is 10.2 Å². The van der Waals surface area contributed by atoms with E-state index in [1.807, 2.05) is 19.9 Å². The van der Waals surface area contributed by atoms with Crippen LogP contribution < -0.4 is 5.56 Å². The molecule has 1 aliphatic carbocycles. The molecule has 36 heavy (non-hydrogen) atoms. The topological polar surface area (TPSA) is 134 Å². The number of nitriles is 1. The van der Waals surface area contributed by atoms with E-state index in [1.54, 1.807) is 36.4 Å². The number of pyridine rings is 1. The van der Waals surface area contributed by atoms with Crippen molar-refractivity contribution in [3.8, 4) is 11.9 Å². The minimum Gasteiger partial charge on any atom is -0.493 e. The molecule has 1 aliphatic rings. The molecule has 0 fully saturated rings. The number of fused-ring (bicyclic) bond motifs is 2. The number of aromatic nitrogens is 1. The van der Waals surface area contributed by atoms with Gasteiger partial charge < -0.3 is 9.84 Å². The molecule has 182 valence electrons. The van der Waals surface area contributed by atoms with Crippen LogP contribution in [0.3, 0.4) is 0 Å². The van der Waals surface area contributed by atoms with E-state index in [4.69, 9.17) is 4.74 Å². The second-order valence-electron chi connectivity index (χ2n) is 8.62. The second-order valence-corrected chi connectivity index (χ2v) is 8.62. The lowest BCUT2D eigenvalue weighted by atomic mass is 9.83. The molecule has 9 nitrogen and oxygen atoms in total. The van der Waals surface area contributed by atoms with Gasteiger partial charge in [0.15, 0.2) is 17.3 Å². The summed E-state index contributed by atoms with van der Waals surface area (Å²) in [5.74, 6) is -1.09. The number of carbonyl (C=O) groups is 2. The number of carbonyl (C=O) groups excluding carboxylic acids is 2. The van der Waals surface area contributed by atoms with E-state index in [9.17, 15) is 24.8 Å². The van der Waals surface area contributed by atoms with Crippen molar-refractivity contribution in [3.63, 3.8) is 0 Å². The van der Waals surface area contributed by atoms with Crippen LogP contribution in [0.25, 0.3) is 0 Å². The summed E-state index contributed by atoms with van der Waals surface area (Å²) in [7, 11) is 0. The summed E-state index contributed by atoms with van der Waals surface area (Å²) < 4.78 is 6.56. The fourth-order valence-corrected chi connectivity index (χ4v) is 4.12. The molecule has 1 aromatic heterocycles. The van der Waals surface area contributed by atoms with E-state index in [-0.39, 0.29) is 63.4 Å². The minimum atomic E-state index is -0.634. The third kappa shape index (κ3) is 4.34. The first-order chi connectivity index (χ1) is 17.3. The summed E-state index contributed by atoms with van der Waals surface area (Å²) >= 11 is 0. The van der Waals surface area contributed by atoms with Crippen LogP contribution in [0, 0.1) is 18.3 Å². The fourth-order valence-electron chi connectivity index (χ4n) is 4.12. The molecule has 3 aromatic rings. The van der Waals surface area contributed by atoms with Gasteiger partial charge in [0.1, 0.15) is 11.6 Å². The standard InChI is InChI=1S/C27H24N4O5/c1-15(2)36-13-7-12-31-26(34)20(14-28)16(3)23(27(31)35)30-29-21-11-6-10-19-22(21)25(33)18-9-5-4-8-17(18)24(19)32/h4-6,8-11,15,35H,7,12-13H2,1-3H3/b30-29+. The molecule has 0 amide bonds. The molecule has 0 bridgehead atoms. The Hall–Kier alpha value is -4.42. The fraction of sp³-hybridized carbons (Fsp3) is 0.259. The van der Waals surface area contributed by atoms with Gasteiger partial charge in [0.25, 0.3) is 5.56 Å². The number of ketones is 2. The van der Waals surface area contributed by atoms with Gasteiger partial charge in [-0.15, -0.1) is 10.2 Å². The van der Waals surface area contributed by atoms with Crippen molar-refractivity contribution >= 4 is 22.9 Å². The second kappa shape index (κ2) is 10.1. The van der Waals surface area contributed by atoms with E-state index < -0.39 is 11.4 Å². The van der Waals surface area contributed by atoms with Gasteiger partial charge in [0, 0.05) is 35.4 Å². The van der Waals surface area contributed by atoms with Gasteiger partial charge in [-0.05, 0) is 33.3 Å². The molecule has 0 saturated heterocycles. The normalized spacial score (nSPS) is 12.6. The van der Waals surface area contributed by atoms with Crippen LogP contribution in [0.5, 0.6) is 5.88 Å². The van der Waals surface area contributed by atoms with Gasteiger partial charge in [-0.2, -0.15) is 5.26 Å². The number of aromatic hydroxyl groups is 1. The predicted octanol–water partition coefficient (Wildman–Crippen LogP) is 4.74. The van der Waals surface area contributed by atoms with Gasteiger partial charge in [0.2, 0.25) is 5.88 Å². The molecule has 0 atom stereocenters. The Morgan fingerprint density at radius 1 is 1.00 bits per heavy atom. The molecule has 0 saturated carbocycles. The molecule has 1 N–H and O–H groups in total. The molecule has 1 heterocycles. The molecule has 2 aromatic carbocycles. The van der Waals surface area contributed by atoms with Crippen molar-refractivity contribution < 1.29 is 19.4 Å². The van der Waals surface area contributed by atoms with Crippen molar-refractivity contribution in [3.05, 3.63) is 86.2 Å². The first-order valence-corrected chi connectivity index (χ1v) is 11.5. The lowest BCUT2D eigenvalue weighted by molar-refractivity contribution is 0.0744. The molecule has 0 spiro atoms. The van der Waals surface area contributed by atoms with Crippen molar-refractivity contribution in [2.45, 2.75) is 39.8 Å². The summed E-state index contributed by atoms with van der Waals surface area (Å²) in [5, 5.41) is 28.7. The van der Waals surface area contributed by atoms with Gasteiger partial charge in [0.05, 0.1) is 17.4 Å². The summed E-state index contributed by atoms with van der Waals surface area (Å²) in [5.41, 5.74) is 0.364. The van der Waals surface area contributed by atoms with Crippen LogP contribution in [0.1, 0.15) is 63.2 Å². The number of rotatable bonds is 7. The number of ether oxygens (including phenoxy) is 1. The van der Waals surface area contributed by atoms with E-state index in [1.165, 1.54) is 13.0 Å². The van der Waals surface area contributed by atoms with Crippen molar-refractivity contribution in [2.75, 3.05) is 6.61 Å². The van der Waals surface area contributed by atoms with Crippen LogP contribution in [-0.4, -0.2) is 34.0 Å². The van der Waals surface area contributed by atoms with Crippen LogP contribution >= 0.6 is 0 Å². The largest absolute Gasteiger partial charge is 0.493 e. The van der Waals surface area contributed by atoms with Gasteiger partial charge in [-0.3, -0.25) is 19.0 Å². The van der Waals surface area contributed by atoms with Gasteiger partial charge in [-0.25, -0.2) is 0 Å². The number of hydrogen-bond acceptors (Lipinski definition) is 8. The third-order valence-corrected chi connectivity index (χ3v) is 5.93. The third-order valence-electron chi connectivity index (χ3n) is 5.93. The Morgan fingerprint density at radius 2 is 1.67 bits per heavy atom. The average molecular weight is 485 g/mol. The minimum absolute atomic E-state index is 0.0192. The van der Waals surface area contributed by atoms with Crippen LogP contribution in [0.15, 0.2) is 57.5 Å². The highest BCUT2D eigenvalue weighted by atomic mass is 16.5. The first kappa shape index (κ1) is 24.7. The summed E-state index contributed by atoms with van der Waals surface area (Å²) in [6.07, 6.45) is 0.448. The van der Waals surface area contributed by atoms with Crippen LogP contribution in [0.2, 0.25) is 0 Å². The Kier molecular flexibility index (Phi) is 6.90. The zero-order valence-electron chi connectivity index (χ0n) is 20.1. The number of azo groups is 1. The van der Waals surface area contributed by atoms with Crippen LogP contribution in [0.4, 0.5) is 11.4 Å².